The Kier molecular flexibility index (Phi) is 4.83. The molecule has 0 spiro atoms. The lowest BCUT2D eigenvalue weighted by molar-refractivity contribution is -0.137. The zero-order valence-electron chi connectivity index (χ0n) is 14.4. The van der Waals surface area contributed by atoms with E-state index in [1.807, 2.05) is 44.2 Å². The summed E-state index contributed by atoms with van der Waals surface area (Å²) >= 11 is 0. The average Bonchev–Trinajstić information content (AvgIpc) is 3.17. The molecule has 0 saturated carbocycles. The molecule has 1 fully saturated rings. The van der Waals surface area contributed by atoms with E-state index < -0.39 is 12.1 Å². The highest BCUT2D eigenvalue weighted by molar-refractivity contribution is 6.07. The summed E-state index contributed by atoms with van der Waals surface area (Å²) in [5.74, 6) is -0.403. The van der Waals surface area contributed by atoms with E-state index >= 15 is 0 Å². The third-order valence-electron chi connectivity index (χ3n) is 4.30. The molecular formula is C18H22N4O3. The molecule has 0 radical (unpaired) electrons. The van der Waals surface area contributed by atoms with E-state index in [1.54, 1.807) is 0 Å². The predicted molar refractivity (Wildman–Crippen MR) is 92.8 cm³/mol. The minimum absolute atomic E-state index is 0.273. The summed E-state index contributed by atoms with van der Waals surface area (Å²) in [6, 6.07) is 8.61. The van der Waals surface area contributed by atoms with Crippen molar-refractivity contribution in [1.82, 2.24) is 15.2 Å². The second kappa shape index (κ2) is 7.04. The van der Waals surface area contributed by atoms with Gasteiger partial charge >= 0.3 is 6.03 Å². The van der Waals surface area contributed by atoms with Gasteiger partial charge in [0, 0.05) is 6.42 Å². The van der Waals surface area contributed by atoms with E-state index in [0.29, 0.717) is 19.4 Å². The number of hydrazone groups is 1. The van der Waals surface area contributed by atoms with Gasteiger partial charge in [0.2, 0.25) is 0 Å². The van der Waals surface area contributed by atoms with Crippen LogP contribution in [-0.2, 0) is 9.59 Å². The number of carbonyl (C=O) groups is 3. The summed E-state index contributed by atoms with van der Waals surface area (Å²) in [6.45, 7) is 4.15. The van der Waals surface area contributed by atoms with Gasteiger partial charge in [-0.3, -0.25) is 14.5 Å². The maximum Gasteiger partial charge on any atom is 0.325 e. The second-order valence-corrected chi connectivity index (χ2v) is 6.74. The van der Waals surface area contributed by atoms with Crippen molar-refractivity contribution in [2.24, 2.45) is 11.0 Å². The number of carbonyl (C=O) groups excluding carboxylic acids is 3. The van der Waals surface area contributed by atoms with Crippen molar-refractivity contribution in [2.75, 3.05) is 13.1 Å². The van der Waals surface area contributed by atoms with Crippen LogP contribution in [0.1, 0.15) is 32.3 Å². The predicted octanol–water partition coefficient (Wildman–Crippen LogP) is 1.59. The Bertz CT molecular complexity index is 714. The largest absolute Gasteiger partial charge is 0.326 e. The molecule has 1 aromatic carbocycles. The number of hydrogen-bond acceptors (Lipinski definition) is 4. The Morgan fingerprint density at radius 2 is 2.00 bits per heavy atom. The number of hydrogen-bond donors (Lipinski definition) is 1. The molecule has 0 aliphatic carbocycles. The minimum Gasteiger partial charge on any atom is -0.326 e. The summed E-state index contributed by atoms with van der Waals surface area (Å²) < 4.78 is 0. The first-order valence-electron chi connectivity index (χ1n) is 8.51. The Morgan fingerprint density at radius 3 is 2.68 bits per heavy atom. The van der Waals surface area contributed by atoms with Gasteiger partial charge in [0.1, 0.15) is 12.6 Å². The fourth-order valence-corrected chi connectivity index (χ4v) is 3.05. The van der Waals surface area contributed by atoms with Crippen LogP contribution in [-0.4, -0.2) is 52.6 Å². The third kappa shape index (κ3) is 3.70. The number of urea groups is 1. The lowest BCUT2D eigenvalue weighted by Crippen LogP contribution is -2.41. The molecule has 2 heterocycles. The van der Waals surface area contributed by atoms with Gasteiger partial charge in [-0.05, 0) is 17.9 Å². The smallest absolute Gasteiger partial charge is 0.325 e. The van der Waals surface area contributed by atoms with Gasteiger partial charge in [0.05, 0.1) is 12.3 Å². The highest BCUT2D eigenvalue weighted by atomic mass is 16.2. The SMILES string of the molecule is CC(C)CC1NC(=O)N(CC(=O)N2CCC(c3ccccc3)=N2)C1=O. The molecule has 132 valence electrons. The van der Waals surface area contributed by atoms with Crippen LogP contribution < -0.4 is 5.32 Å². The van der Waals surface area contributed by atoms with Gasteiger partial charge in [-0.25, -0.2) is 9.80 Å². The fourth-order valence-electron chi connectivity index (χ4n) is 3.05. The zero-order valence-corrected chi connectivity index (χ0v) is 14.4. The third-order valence-corrected chi connectivity index (χ3v) is 4.30. The standard InChI is InChI=1S/C18H22N4O3/c1-12(2)10-15-17(24)21(18(25)19-15)11-16(23)22-9-8-14(20-22)13-6-4-3-5-7-13/h3-7,12,15H,8-11H2,1-2H3,(H,19,25). The number of nitrogens with one attached hydrogen (secondary N) is 1. The summed E-state index contributed by atoms with van der Waals surface area (Å²) in [6.07, 6.45) is 1.22. The number of benzene rings is 1. The molecule has 0 bridgehead atoms. The summed E-state index contributed by atoms with van der Waals surface area (Å²) in [7, 11) is 0. The van der Waals surface area contributed by atoms with E-state index in [9.17, 15) is 14.4 Å². The molecule has 1 N–H and O–H groups in total. The van der Waals surface area contributed by atoms with Crippen LogP contribution in [0.5, 0.6) is 0 Å². The molecule has 3 rings (SSSR count). The number of rotatable bonds is 5. The lowest BCUT2D eigenvalue weighted by atomic mass is 10.0. The number of imide groups is 1. The highest BCUT2D eigenvalue weighted by Gasteiger charge is 2.40. The van der Waals surface area contributed by atoms with Crippen LogP contribution in [0.2, 0.25) is 0 Å². The van der Waals surface area contributed by atoms with E-state index in [0.717, 1.165) is 16.2 Å². The van der Waals surface area contributed by atoms with Gasteiger partial charge in [0.25, 0.3) is 11.8 Å². The molecular weight excluding hydrogens is 320 g/mol. The quantitative estimate of drug-likeness (QED) is 0.825. The van der Waals surface area contributed by atoms with Crippen molar-refractivity contribution >= 4 is 23.6 Å². The summed E-state index contributed by atoms with van der Waals surface area (Å²) in [5.41, 5.74) is 1.81. The van der Waals surface area contributed by atoms with Crippen molar-refractivity contribution in [2.45, 2.75) is 32.7 Å². The fraction of sp³-hybridized carbons (Fsp3) is 0.444. The zero-order chi connectivity index (χ0) is 18.0. The van der Waals surface area contributed by atoms with Gasteiger partial charge in [0.15, 0.2) is 0 Å². The Labute approximate surface area is 146 Å². The van der Waals surface area contributed by atoms with Gasteiger partial charge < -0.3 is 5.32 Å². The number of nitrogens with zero attached hydrogens (tertiary/aromatic N) is 3. The van der Waals surface area contributed by atoms with Crippen molar-refractivity contribution in [3.8, 4) is 0 Å². The molecule has 7 nitrogen and oxygen atoms in total. The number of amides is 4. The molecule has 2 aliphatic heterocycles. The van der Waals surface area contributed by atoms with Crippen LogP contribution in [0.15, 0.2) is 35.4 Å². The average molecular weight is 342 g/mol. The molecule has 4 amide bonds. The molecule has 1 atom stereocenters. The van der Waals surface area contributed by atoms with Gasteiger partial charge in [-0.15, -0.1) is 0 Å². The Balaban J connectivity index is 1.64. The van der Waals surface area contributed by atoms with E-state index in [1.165, 1.54) is 5.01 Å². The topological polar surface area (TPSA) is 82.1 Å². The minimum atomic E-state index is -0.540. The van der Waals surface area contributed by atoms with Gasteiger partial charge in [-0.2, -0.15) is 5.10 Å². The molecule has 25 heavy (non-hydrogen) atoms. The highest BCUT2D eigenvalue weighted by Crippen LogP contribution is 2.17. The lowest BCUT2D eigenvalue weighted by Gasteiger charge is -2.16. The van der Waals surface area contributed by atoms with Crippen molar-refractivity contribution in [1.29, 1.82) is 0 Å². The monoisotopic (exact) mass is 342 g/mol. The normalized spacial score (nSPS) is 20.3. The van der Waals surface area contributed by atoms with Crippen LogP contribution in [0, 0.1) is 5.92 Å². The van der Waals surface area contributed by atoms with Gasteiger partial charge in [-0.1, -0.05) is 44.2 Å². The van der Waals surface area contributed by atoms with Crippen LogP contribution in [0.25, 0.3) is 0 Å². The molecule has 0 aromatic heterocycles. The molecule has 7 heteroatoms. The van der Waals surface area contributed by atoms with E-state index in [-0.39, 0.29) is 24.3 Å². The Hall–Kier alpha value is -2.70. The Morgan fingerprint density at radius 1 is 1.28 bits per heavy atom. The molecule has 1 saturated heterocycles. The first-order chi connectivity index (χ1) is 12.0. The van der Waals surface area contributed by atoms with Crippen LogP contribution in [0.4, 0.5) is 4.79 Å². The summed E-state index contributed by atoms with van der Waals surface area (Å²) in [5, 5.41) is 8.34. The molecule has 1 aromatic rings. The van der Waals surface area contributed by atoms with Crippen molar-refractivity contribution < 1.29 is 14.4 Å². The molecule has 1 unspecified atom stereocenters. The van der Waals surface area contributed by atoms with Crippen LogP contribution >= 0.6 is 0 Å². The van der Waals surface area contributed by atoms with Crippen LogP contribution in [0.3, 0.4) is 0 Å². The second-order valence-electron chi connectivity index (χ2n) is 6.74. The molecule has 2 aliphatic rings. The maximum atomic E-state index is 12.4. The summed E-state index contributed by atoms with van der Waals surface area (Å²) in [4.78, 5) is 37.8. The first kappa shape index (κ1) is 17.1. The van der Waals surface area contributed by atoms with Crippen molar-refractivity contribution in [3.63, 3.8) is 0 Å². The van der Waals surface area contributed by atoms with E-state index in [4.69, 9.17) is 0 Å². The van der Waals surface area contributed by atoms with E-state index in [2.05, 4.69) is 10.4 Å². The maximum absolute atomic E-state index is 12.4. The first-order valence-corrected chi connectivity index (χ1v) is 8.51. The van der Waals surface area contributed by atoms with Crippen molar-refractivity contribution in [3.05, 3.63) is 35.9 Å².